The smallest absolute Gasteiger partial charge is 0.201 e. The molecule has 0 spiro atoms. The van der Waals surface area contributed by atoms with E-state index in [1.165, 1.54) is 96.6 Å². The topological polar surface area (TPSA) is 19.4 Å². The van der Waals surface area contributed by atoms with Gasteiger partial charge in [0, 0.05) is 112 Å². The lowest BCUT2D eigenvalue weighted by Crippen LogP contribution is -2.33. The summed E-state index contributed by atoms with van der Waals surface area (Å²) in [6.45, 7) is 21.6. The van der Waals surface area contributed by atoms with E-state index >= 15 is 0 Å². The van der Waals surface area contributed by atoms with E-state index in [9.17, 15) is 0 Å². The molecule has 506 valence electrons. The van der Waals surface area contributed by atoms with Crippen LogP contribution in [0.1, 0.15) is 243 Å². The zero-order valence-corrected chi connectivity index (χ0v) is 61.8. The molecule has 0 fully saturated rings. The lowest BCUT2D eigenvalue weighted by molar-refractivity contribution is -0.661. The summed E-state index contributed by atoms with van der Waals surface area (Å²) in [6.07, 6.45) is 10.4. The molecule has 5 aromatic carbocycles. The highest BCUT2D eigenvalue weighted by Gasteiger charge is 2.25. The summed E-state index contributed by atoms with van der Waals surface area (Å²) in [5.74, 6) is -7.36. The number of benzene rings is 5. The van der Waals surface area contributed by atoms with Gasteiger partial charge < -0.3 is 0 Å². The van der Waals surface area contributed by atoms with Crippen LogP contribution in [0.15, 0.2) is 183 Å². The van der Waals surface area contributed by atoms with Crippen molar-refractivity contribution in [2.45, 2.75) is 200 Å². The molecule has 0 aliphatic rings. The molecule has 0 aliphatic carbocycles. The molecule has 0 saturated heterocycles. The summed E-state index contributed by atoms with van der Waals surface area (Å²) < 4.78 is 161. The molecule has 0 radical (unpaired) electrons. The number of aryl methyl sites for hydroxylation is 14. The first-order valence-electron chi connectivity index (χ1n) is 43.1. The Morgan fingerprint density at radius 3 is 1.07 bits per heavy atom. The lowest BCUT2D eigenvalue weighted by Gasteiger charge is -2.15. The van der Waals surface area contributed by atoms with Gasteiger partial charge in [-0.2, -0.15) is 0 Å². The van der Waals surface area contributed by atoms with Crippen LogP contribution in [0, 0.1) is 47.5 Å². The first-order chi connectivity index (χ1) is 52.7. The maximum atomic E-state index is 8.66. The molecular formula is C91H122N5+5. The summed E-state index contributed by atoms with van der Waals surface area (Å²) in [6, 6.07) is 49.9. The SMILES string of the molecule is Cc1cc(-c2ccccc2C)[n+](C)cc1CC(C)C.[2H]C(C)(C)c1cc(-c2ccccc2C)[n+](C)cc1CC.[2H]C([2H])(C)c1cc(-c2ccccc2C)[n+](C)cc1C([2H])(C)C([2H])([2H])[2H].[2H]C([2H])([2H])C([2H])(C)c1c[n+](C)c(-c2ccccc2C)cc1CC.[2H]C([2H])([2H])C([2H])(C)c1cc(C([2H])(C)C([2H])([2H])[2H])c(-c2ccccc2C)[n+](C)c1. The van der Waals surface area contributed by atoms with Crippen LogP contribution in [0.4, 0.5) is 0 Å². The standard InChI is InChI=1S/C19H26N.4C18H24N/c1-13(2)16-11-18(14(3)4)19(20(6)12-16)17-10-8-7-9-15(17)5;1-13(2)10-16-12-19(5)18(11-15(16)4)17-9-7-6-8-14(17)3;1-6-15-12-19(5)18(11-17(15)13(2)3)16-10-8-7-9-14(16)4;2*1-6-15-11-18(16-10-8-7-9-14(16)4)19(5)12-17(15)13(2)3/h7-14H,1-6H3;6-9,11-13H,10H2,1-5H3;3*7-13H,6H2,1-5H3/q5*+1/i1D3,3D3,13D,14D;;13D;2D3,6D2,13D;2D3,13D. The summed E-state index contributed by atoms with van der Waals surface area (Å²) >= 11 is 0. The molecule has 5 aromatic heterocycles. The molecule has 0 bridgehead atoms. The van der Waals surface area contributed by atoms with Crippen molar-refractivity contribution in [2.75, 3.05) is 0 Å². The molecule has 0 aliphatic heterocycles. The first-order valence-corrected chi connectivity index (χ1v) is 33.6. The minimum Gasteiger partial charge on any atom is -0.201 e. The third kappa shape index (κ3) is 19.8. The van der Waals surface area contributed by atoms with Gasteiger partial charge in [-0.25, -0.2) is 22.8 Å². The Morgan fingerprint density at radius 2 is 0.688 bits per heavy atom. The summed E-state index contributed by atoms with van der Waals surface area (Å²) in [4.78, 5) is 0. The van der Waals surface area contributed by atoms with Crippen molar-refractivity contribution in [1.29, 1.82) is 0 Å². The molecule has 96 heavy (non-hydrogen) atoms. The Hall–Kier alpha value is -8.15. The molecule has 10 rings (SSSR count). The third-order valence-corrected chi connectivity index (χ3v) is 17.7. The molecule has 5 heteroatoms. The van der Waals surface area contributed by atoms with E-state index in [0.29, 0.717) is 23.6 Å². The fourth-order valence-corrected chi connectivity index (χ4v) is 12.3. The minimum atomic E-state index is -2.64. The molecular weight excluding hydrogens is 1160 g/mol. The number of nitrogens with zero attached hydrogens (tertiary/aromatic N) is 5. The van der Waals surface area contributed by atoms with Gasteiger partial charge in [0.25, 0.3) is 0 Å². The maximum absolute atomic E-state index is 8.66. The van der Waals surface area contributed by atoms with Crippen LogP contribution in [0.25, 0.3) is 56.3 Å². The Balaban J connectivity index is 0.000000225. The predicted octanol–water partition coefficient (Wildman–Crippen LogP) is 21.2. The quantitative estimate of drug-likeness (QED) is 0.0912. The molecule has 4 unspecified atom stereocenters. The maximum Gasteiger partial charge on any atom is 0.216 e. The Labute approximate surface area is 610 Å². The lowest BCUT2D eigenvalue weighted by atomic mass is 9.91. The van der Waals surface area contributed by atoms with Gasteiger partial charge in [-0.15, -0.1) is 0 Å². The molecule has 10 aromatic rings. The van der Waals surface area contributed by atoms with E-state index in [0.717, 1.165) is 63.2 Å². The minimum absolute atomic E-state index is 0.144. The Kier molecular flexibility index (Phi) is 19.7. The van der Waals surface area contributed by atoms with Gasteiger partial charge in [-0.05, 0) is 189 Å². The van der Waals surface area contributed by atoms with E-state index in [1.54, 1.807) is 47.9 Å². The summed E-state index contributed by atoms with van der Waals surface area (Å²) in [5, 5.41) is 0. The van der Waals surface area contributed by atoms with E-state index in [1.807, 2.05) is 113 Å². The van der Waals surface area contributed by atoms with E-state index in [2.05, 4.69) is 157 Å². The molecule has 5 nitrogen and oxygen atoms in total. The second-order valence-corrected chi connectivity index (χ2v) is 26.2. The van der Waals surface area contributed by atoms with Crippen LogP contribution in [-0.4, -0.2) is 0 Å². The van der Waals surface area contributed by atoms with Gasteiger partial charge in [-0.1, -0.05) is 195 Å². The molecule has 5 heterocycles. The van der Waals surface area contributed by atoms with Crippen molar-refractivity contribution >= 4 is 0 Å². The van der Waals surface area contributed by atoms with Crippen LogP contribution >= 0.6 is 0 Å². The van der Waals surface area contributed by atoms with Gasteiger partial charge in [0.05, 0.1) is 0 Å². The number of pyridine rings is 5. The number of hydrogen-bond donors (Lipinski definition) is 0. The molecule has 0 N–H and O–H groups in total. The van der Waals surface area contributed by atoms with Crippen molar-refractivity contribution in [3.8, 4) is 56.3 Å². The van der Waals surface area contributed by atoms with Gasteiger partial charge in [-0.3, -0.25) is 0 Å². The monoisotopic (exact) mass is 1300 g/mol. The highest BCUT2D eigenvalue weighted by atomic mass is 14.9. The van der Waals surface area contributed by atoms with E-state index < -0.39 is 63.3 Å². The fourth-order valence-electron chi connectivity index (χ4n) is 12.3. The van der Waals surface area contributed by atoms with Gasteiger partial charge >= 0.3 is 0 Å². The fraction of sp³-hybridized carbons (Fsp3) is 0.396. The molecule has 0 saturated carbocycles. The van der Waals surface area contributed by atoms with Gasteiger partial charge in [0.2, 0.25) is 28.5 Å². The predicted molar refractivity (Wildman–Crippen MR) is 411 cm³/mol. The highest BCUT2D eigenvalue weighted by molar-refractivity contribution is 5.67. The van der Waals surface area contributed by atoms with Crippen molar-refractivity contribution in [3.63, 3.8) is 0 Å². The van der Waals surface area contributed by atoms with Crippen LogP contribution in [0.5, 0.6) is 0 Å². The highest BCUT2D eigenvalue weighted by Crippen LogP contribution is 2.33. The van der Waals surface area contributed by atoms with Crippen molar-refractivity contribution < 1.29 is 48.9 Å². The Morgan fingerprint density at radius 1 is 0.333 bits per heavy atom. The summed E-state index contributed by atoms with van der Waals surface area (Å²) in [7, 11) is 9.60. The zero-order valence-electron chi connectivity index (χ0n) is 80.8. The van der Waals surface area contributed by atoms with Crippen LogP contribution < -0.4 is 22.8 Å². The first kappa shape index (κ1) is 53.0. The Bertz CT molecular complexity index is 5050. The molecule has 0 amide bonds. The summed E-state index contributed by atoms with van der Waals surface area (Å²) in [5.41, 5.74) is 23.3. The van der Waals surface area contributed by atoms with Crippen LogP contribution in [-0.2, 0) is 60.9 Å². The van der Waals surface area contributed by atoms with Crippen molar-refractivity contribution in [2.24, 2.45) is 41.2 Å². The van der Waals surface area contributed by atoms with Gasteiger partial charge in [0.15, 0.2) is 31.0 Å². The number of hydrogen-bond acceptors (Lipinski definition) is 0. The number of aromatic nitrogens is 5. The second-order valence-electron chi connectivity index (χ2n) is 26.2. The van der Waals surface area contributed by atoms with Gasteiger partial charge in [0.1, 0.15) is 35.2 Å². The van der Waals surface area contributed by atoms with E-state index in [-0.39, 0.29) is 22.3 Å². The average molecular weight is 1310 g/mol. The van der Waals surface area contributed by atoms with Crippen molar-refractivity contribution in [1.82, 2.24) is 0 Å². The van der Waals surface area contributed by atoms with E-state index in [4.69, 9.17) is 26.0 Å². The normalized spacial score (nSPS) is 17.3. The van der Waals surface area contributed by atoms with Crippen LogP contribution in [0.2, 0.25) is 0 Å². The largest absolute Gasteiger partial charge is 0.216 e. The second kappa shape index (κ2) is 35.7. The zero-order chi connectivity index (χ0) is 87.2. The van der Waals surface area contributed by atoms with Crippen LogP contribution in [0.3, 0.4) is 0 Å². The average Bonchev–Trinajstić information content (AvgIpc) is 0.780. The molecule has 4 atom stereocenters. The third-order valence-electron chi connectivity index (χ3n) is 17.7. The number of rotatable bonds is 15. The van der Waals surface area contributed by atoms with Crippen molar-refractivity contribution in [3.05, 3.63) is 266 Å².